The van der Waals surface area contributed by atoms with Crippen molar-refractivity contribution in [2.24, 2.45) is 0 Å². The summed E-state index contributed by atoms with van der Waals surface area (Å²) in [6, 6.07) is 4.55. The number of pyridine rings is 1. The lowest BCUT2D eigenvalue weighted by molar-refractivity contribution is 0.114. The lowest BCUT2D eigenvalue weighted by Gasteiger charge is -2.34. The van der Waals surface area contributed by atoms with Gasteiger partial charge in [0.15, 0.2) is 0 Å². The summed E-state index contributed by atoms with van der Waals surface area (Å²) in [7, 11) is 2.19. The van der Waals surface area contributed by atoms with Crippen LogP contribution in [0, 0.1) is 0 Å². The molecule has 0 aromatic carbocycles. The molecule has 7 nitrogen and oxygen atoms in total. The minimum Gasteiger partial charge on any atom is -0.395 e. The van der Waals surface area contributed by atoms with Crippen molar-refractivity contribution in [3.05, 3.63) is 35.7 Å². The van der Waals surface area contributed by atoms with Crippen LogP contribution in [-0.4, -0.2) is 110 Å². The fraction of sp³-hybridized carbons (Fsp3) is 0.720. The SMILES string of the molecule is CN1CCN(c2ccc(C3CCC(=CNCCN4CCN(CCO)CC4)CC3)cn2)CC1. The second kappa shape index (κ2) is 12.0. The lowest BCUT2D eigenvalue weighted by atomic mass is 9.82. The molecule has 1 aliphatic carbocycles. The molecule has 32 heavy (non-hydrogen) atoms. The van der Waals surface area contributed by atoms with E-state index in [0.717, 1.165) is 77.8 Å². The minimum atomic E-state index is 0.272. The van der Waals surface area contributed by atoms with Crippen LogP contribution in [0.5, 0.6) is 0 Å². The second-order valence-electron chi connectivity index (χ2n) is 9.68. The first-order valence-corrected chi connectivity index (χ1v) is 12.6. The van der Waals surface area contributed by atoms with Crippen LogP contribution >= 0.6 is 0 Å². The summed E-state index contributed by atoms with van der Waals surface area (Å²) in [6.07, 6.45) is 9.26. The van der Waals surface area contributed by atoms with Gasteiger partial charge in [0, 0.05) is 78.2 Å². The third-order valence-electron chi connectivity index (χ3n) is 7.46. The van der Waals surface area contributed by atoms with Crippen LogP contribution in [0.15, 0.2) is 30.1 Å². The van der Waals surface area contributed by atoms with Gasteiger partial charge < -0.3 is 20.2 Å². The number of aromatic nitrogens is 1. The summed E-state index contributed by atoms with van der Waals surface area (Å²) in [5, 5.41) is 12.6. The van der Waals surface area contributed by atoms with E-state index in [1.807, 2.05) is 0 Å². The molecule has 0 bridgehead atoms. The van der Waals surface area contributed by atoms with E-state index in [9.17, 15) is 0 Å². The van der Waals surface area contributed by atoms with Gasteiger partial charge in [-0.1, -0.05) is 11.6 Å². The van der Waals surface area contributed by atoms with Gasteiger partial charge in [0.1, 0.15) is 5.82 Å². The number of piperazine rings is 2. The third kappa shape index (κ3) is 6.67. The number of hydrogen-bond donors (Lipinski definition) is 2. The van der Waals surface area contributed by atoms with Crippen LogP contribution in [0.3, 0.4) is 0 Å². The van der Waals surface area contributed by atoms with Gasteiger partial charge in [-0.25, -0.2) is 4.98 Å². The molecule has 1 aromatic rings. The maximum Gasteiger partial charge on any atom is 0.128 e. The monoisotopic (exact) mass is 442 g/mol. The summed E-state index contributed by atoms with van der Waals surface area (Å²) in [5.74, 6) is 1.79. The van der Waals surface area contributed by atoms with E-state index in [0.29, 0.717) is 5.92 Å². The van der Waals surface area contributed by atoms with E-state index in [1.165, 1.54) is 31.2 Å². The molecule has 7 heteroatoms. The Bertz CT molecular complexity index is 698. The van der Waals surface area contributed by atoms with Gasteiger partial charge in [-0.15, -0.1) is 0 Å². The molecule has 0 unspecified atom stereocenters. The van der Waals surface area contributed by atoms with Gasteiger partial charge in [0.25, 0.3) is 0 Å². The minimum absolute atomic E-state index is 0.272. The number of rotatable bonds is 8. The average molecular weight is 443 g/mol. The Balaban J connectivity index is 1.14. The molecule has 1 aromatic heterocycles. The number of aliphatic hydroxyl groups is 1. The van der Waals surface area contributed by atoms with Crippen LogP contribution in [0.4, 0.5) is 5.82 Å². The Kier molecular flexibility index (Phi) is 8.79. The van der Waals surface area contributed by atoms with Gasteiger partial charge in [-0.05, 0) is 56.5 Å². The number of anilines is 1. The largest absolute Gasteiger partial charge is 0.395 e. The highest BCUT2D eigenvalue weighted by Gasteiger charge is 2.20. The molecule has 3 heterocycles. The number of β-amino-alcohol motifs (C(OH)–C–C–N with tert-alkyl or cyclic N) is 1. The molecular formula is C25H42N6O. The summed E-state index contributed by atoms with van der Waals surface area (Å²) in [5.41, 5.74) is 2.98. The number of nitrogens with one attached hydrogen (secondary N) is 1. The van der Waals surface area contributed by atoms with Gasteiger partial charge in [0.05, 0.1) is 6.61 Å². The molecular weight excluding hydrogens is 400 g/mol. The van der Waals surface area contributed by atoms with E-state index in [-0.39, 0.29) is 6.61 Å². The number of nitrogens with zero attached hydrogens (tertiary/aromatic N) is 5. The van der Waals surface area contributed by atoms with Crippen LogP contribution in [0.25, 0.3) is 0 Å². The normalized spacial score (nSPS) is 24.0. The summed E-state index contributed by atoms with van der Waals surface area (Å²) < 4.78 is 0. The predicted molar refractivity (Wildman–Crippen MR) is 131 cm³/mol. The third-order valence-corrected chi connectivity index (χ3v) is 7.46. The van der Waals surface area contributed by atoms with Crippen LogP contribution in [0.1, 0.15) is 37.2 Å². The zero-order valence-corrected chi connectivity index (χ0v) is 19.9. The van der Waals surface area contributed by atoms with Crippen molar-refractivity contribution in [3.8, 4) is 0 Å². The predicted octanol–water partition coefficient (Wildman–Crippen LogP) is 1.57. The highest BCUT2D eigenvalue weighted by atomic mass is 16.3. The van der Waals surface area contributed by atoms with Crippen molar-refractivity contribution in [2.75, 3.05) is 90.5 Å². The Morgan fingerprint density at radius 3 is 2.28 bits per heavy atom. The van der Waals surface area contributed by atoms with E-state index in [1.54, 1.807) is 5.57 Å². The maximum absolute atomic E-state index is 9.05. The average Bonchev–Trinajstić information content (AvgIpc) is 2.84. The Labute approximate surface area is 194 Å². The number of allylic oxidation sites excluding steroid dienone is 1. The lowest BCUT2D eigenvalue weighted by Crippen LogP contribution is -2.48. The van der Waals surface area contributed by atoms with Crippen molar-refractivity contribution >= 4 is 5.82 Å². The van der Waals surface area contributed by atoms with Crippen LogP contribution in [-0.2, 0) is 0 Å². The molecule has 0 radical (unpaired) electrons. The standard InChI is InChI=1S/C25H42N6O/c1-28-10-16-31(17-11-28)25-7-6-24(21-27-25)23-4-2-22(3-5-23)20-26-8-9-29-12-14-30(15-13-29)18-19-32/h6-7,20-21,23,26,32H,2-5,8-19H2,1H3. The van der Waals surface area contributed by atoms with Gasteiger partial charge in [0.2, 0.25) is 0 Å². The summed E-state index contributed by atoms with van der Waals surface area (Å²) in [4.78, 5) is 14.5. The Morgan fingerprint density at radius 2 is 1.66 bits per heavy atom. The number of likely N-dealkylation sites (N-methyl/N-ethyl adjacent to an activating group) is 1. The van der Waals surface area contributed by atoms with Gasteiger partial charge >= 0.3 is 0 Å². The zero-order chi connectivity index (χ0) is 22.2. The van der Waals surface area contributed by atoms with Gasteiger partial charge in [-0.2, -0.15) is 0 Å². The Hall–Kier alpha value is -1.67. The Morgan fingerprint density at radius 1 is 0.969 bits per heavy atom. The highest BCUT2D eigenvalue weighted by Crippen LogP contribution is 2.35. The molecule has 178 valence electrons. The van der Waals surface area contributed by atoms with Crippen LogP contribution < -0.4 is 10.2 Å². The molecule has 1 saturated carbocycles. The fourth-order valence-corrected chi connectivity index (χ4v) is 5.14. The van der Waals surface area contributed by atoms with E-state index in [2.05, 4.69) is 56.5 Å². The molecule has 2 saturated heterocycles. The van der Waals surface area contributed by atoms with Crippen molar-refractivity contribution < 1.29 is 5.11 Å². The van der Waals surface area contributed by atoms with E-state index in [4.69, 9.17) is 10.1 Å². The first-order chi connectivity index (χ1) is 15.7. The molecule has 2 N–H and O–H groups in total. The van der Waals surface area contributed by atoms with Crippen molar-refractivity contribution in [3.63, 3.8) is 0 Å². The summed E-state index contributed by atoms with van der Waals surface area (Å²) >= 11 is 0. The van der Waals surface area contributed by atoms with Crippen molar-refractivity contribution in [1.29, 1.82) is 0 Å². The molecule has 0 atom stereocenters. The van der Waals surface area contributed by atoms with Crippen LogP contribution in [0.2, 0.25) is 0 Å². The number of hydrogen-bond acceptors (Lipinski definition) is 7. The second-order valence-corrected chi connectivity index (χ2v) is 9.68. The topological polar surface area (TPSA) is 58.1 Å². The molecule has 3 aliphatic rings. The molecule has 0 spiro atoms. The fourth-order valence-electron chi connectivity index (χ4n) is 5.14. The molecule has 3 fully saturated rings. The van der Waals surface area contributed by atoms with E-state index < -0.39 is 0 Å². The molecule has 2 aliphatic heterocycles. The number of aliphatic hydroxyl groups excluding tert-OH is 1. The zero-order valence-electron chi connectivity index (χ0n) is 19.9. The van der Waals surface area contributed by atoms with E-state index >= 15 is 0 Å². The smallest absolute Gasteiger partial charge is 0.128 e. The first kappa shape index (κ1) is 23.5. The molecule has 0 amide bonds. The van der Waals surface area contributed by atoms with Crippen molar-refractivity contribution in [2.45, 2.75) is 31.6 Å². The summed E-state index contributed by atoms with van der Waals surface area (Å²) in [6.45, 7) is 12.0. The quantitative estimate of drug-likeness (QED) is 0.593. The van der Waals surface area contributed by atoms with Gasteiger partial charge in [-0.3, -0.25) is 9.80 Å². The maximum atomic E-state index is 9.05. The molecule has 4 rings (SSSR count). The first-order valence-electron chi connectivity index (χ1n) is 12.6. The highest BCUT2D eigenvalue weighted by molar-refractivity contribution is 5.40. The van der Waals surface area contributed by atoms with Crippen molar-refractivity contribution in [1.82, 2.24) is 25.0 Å².